The second kappa shape index (κ2) is 5.82. The molecule has 4 heteroatoms. The molecule has 0 aromatic carbocycles. The van der Waals surface area contributed by atoms with Gasteiger partial charge in [0.2, 0.25) is 0 Å². The van der Waals surface area contributed by atoms with Gasteiger partial charge in [-0.1, -0.05) is 0 Å². The van der Waals surface area contributed by atoms with Crippen molar-refractivity contribution < 1.29 is 0 Å². The van der Waals surface area contributed by atoms with Crippen LogP contribution in [0.4, 0.5) is 0 Å². The standard InChI is InChI=1S/C18H25N3S/c1-13-10-19-18(15-6-7-15)21(13)16-4-3-9-20(11-16)12-17-8-5-14(2)22-17/h5,8,10,15-16H,3-4,6-7,9,11-12H2,1-2H3. The first-order valence-electron chi connectivity index (χ1n) is 8.52. The first kappa shape index (κ1) is 14.5. The molecule has 3 nitrogen and oxygen atoms in total. The van der Waals surface area contributed by atoms with E-state index in [-0.39, 0.29) is 0 Å². The maximum absolute atomic E-state index is 4.71. The molecule has 1 aliphatic heterocycles. The van der Waals surface area contributed by atoms with Crippen LogP contribution < -0.4 is 0 Å². The predicted molar refractivity (Wildman–Crippen MR) is 91.5 cm³/mol. The Labute approximate surface area is 137 Å². The van der Waals surface area contributed by atoms with Crippen molar-refractivity contribution in [2.45, 2.75) is 58.0 Å². The van der Waals surface area contributed by atoms with Crippen molar-refractivity contribution in [3.05, 3.63) is 39.6 Å². The summed E-state index contributed by atoms with van der Waals surface area (Å²) in [4.78, 5) is 10.3. The second-order valence-electron chi connectivity index (χ2n) is 6.95. The van der Waals surface area contributed by atoms with Crippen molar-refractivity contribution in [2.24, 2.45) is 0 Å². The molecule has 1 saturated heterocycles. The number of imidazole rings is 1. The fourth-order valence-corrected chi connectivity index (χ4v) is 4.69. The van der Waals surface area contributed by atoms with Crippen molar-refractivity contribution in [1.82, 2.24) is 14.5 Å². The molecule has 2 aliphatic rings. The van der Waals surface area contributed by atoms with Crippen molar-refractivity contribution in [3.8, 4) is 0 Å². The fraction of sp³-hybridized carbons (Fsp3) is 0.611. The number of piperidine rings is 1. The van der Waals surface area contributed by atoms with Gasteiger partial charge < -0.3 is 4.57 Å². The largest absolute Gasteiger partial charge is 0.328 e. The molecule has 1 atom stereocenters. The Kier molecular flexibility index (Phi) is 3.82. The second-order valence-corrected chi connectivity index (χ2v) is 8.32. The molecule has 0 radical (unpaired) electrons. The lowest BCUT2D eigenvalue weighted by molar-refractivity contribution is 0.168. The highest BCUT2D eigenvalue weighted by Crippen LogP contribution is 2.41. The van der Waals surface area contributed by atoms with E-state index in [9.17, 15) is 0 Å². The first-order chi connectivity index (χ1) is 10.7. The fourth-order valence-electron chi connectivity index (χ4n) is 3.76. The van der Waals surface area contributed by atoms with Crippen molar-refractivity contribution in [3.63, 3.8) is 0 Å². The highest BCUT2D eigenvalue weighted by atomic mass is 32.1. The van der Waals surface area contributed by atoms with Crippen LogP contribution >= 0.6 is 11.3 Å². The molecule has 1 aliphatic carbocycles. The molecule has 2 fully saturated rings. The Balaban J connectivity index is 1.50. The minimum atomic E-state index is 0.618. The van der Waals surface area contributed by atoms with E-state index < -0.39 is 0 Å². The molecule has 0 bridgehead atoms. The summed E-state index contributed by atoms with van der Waals surface area (Å²) < 4.78 is 2.56. The van der Waals surface area contributed by atoms with Gasteiger partial charge in [0, 0.05) is 46.7 Å². The third kappa shape index (κ3) is 2.86. The van der Waals surface area contributed by atoms with Crippen LogP contribution in [-0.4, -0.2) is 27.5 Å². The minimum Gasteiger partial charge on any atom is -0.328 e. The monoisotopic (exact) mass is 315 g/mol. The molecule has 0 spiro atoms. The molecular formula is C18H25N3S. The summed E-state index contributed by atoms with van der Waals surface area (Å²) in [6, 6.07) is 5.15. The van der Waals surface area contributed by atoms with Crippen molar-refractivity contribution in [1.29, 1.82) is 0 Å². The number of nitrogens with zero attached hydrogens (tertiary/aromatic N) is 3. The molecule has 4 rings (SSSR count). The third-order valence-corrected chi connectivity index (χ3v) is 5.96. The smallest absolute Gasteiger partial charge is 0.112 e. The number of thiophene rings is 1. The molecule has 22 heavy (non-hydrogen) atoms. The summed E-state index contributed by atoms with van der Waals surface area (Å²) in [7, 11) is 0. The first-order valence-corrected chi connectivity index (χ1v) is 9.34. The Hall–Kier alpha value is -1.13. The van der Waals surface area contributed by atoms with E-state index in [0.717, 1.165) is 12.5 Å². The number of hydrogen-bond donors (Lipinski definition) is 0. The van der Waals surface area contributed by atoms with Gasteiger partial charge >= 0.3 is 0 Å². The topological polar surface area (TPSA) is 21.1 Å². The lowest BCUT2D eigenvalue weighted by Crippen LogP contribution is -2.36. The van der Waals surface area contributed by atoms with Gasteiger partial charge in [-0.05, 0) is 58.2 Å². The van der Waals surface area contributed by atoms with Crippen LogP contribution in [-0.2, 0) is 6.54 Å². The summed E-state index contributed by atoms with van der Waals surface area (Å²) in [6.07, 6.45) is 7.35. The molecule has 0 N–H and O–H groups in total. The SMILES string of the molecule is Cc1ccc(CN2CCCC(n3c(C)cnc3C3CC3)C2)s1. The number of rotatable bonds is 4. The normalized spacial score (nSPS) is 23.1. The zero-order chi connectivity index (χ0) is 15.1. The maximum atomic E-state index is 4.71. The van der Waals surface area contributed by atoms with E-state index in [1.807, 2.05) is 11.3 Å². The summed E-state index contributed by atoms with van der Waals surface area (Å²) in [5, 5.41) is 0. The van der Waals surface area contributed by atoms with Crippen molar-refractivity contribution in [2.75, 3.05) is 13.1 Å². The van der Waals surface area contributed by atoms with Crippen LogP contribution in [0.2, 0.25) is 0 Å². The van der Waals surface area contributed by atoms with Crippen LogP contribution in [0.15, 0.2) is 18.3 Å². The molecule has 0 amide bonds. The third-order valence-electron chi connectivity index (χ3n) is 4.97. The minimum absolute atomic E-state index is 0.618. The van der Waals surface area contributed by atoms with E-state index in [2.05, 4.69) is 41.6 Å². The molecule has 2 aromatic heterocycles. The molecule has 3 heterocycles. The van der Waals surface area contributed by atoms with E-state index in [0.29, 0.717) is 6.04 Å². The Morgan fingerprint density at radius 2 is 2.09 bits per heavy atom. The average Bonchev–Trinajstić information content (AvgIpc) is 3.16. The molecular weight excluding hydrogens is 290 g/mol. The highest BCUT2D eigenvalue weighted by Gasteiger charge is 2.32. The summed E-state index contributed by atoms with van der Waals surface area (Å²) in [5.74, 6) is 2.10. The van der Waals surface area contributed by atoms with Gasteiger partial charge in [-0.15, -0.1) is 11.3 Å². The number of aryl methyl sites for hydroxylation is 2. The van der Waals surface area contributed by atoms with Gasteiger partial charge in [0.25, 0.3) is 0 Å². The van der Waals surface area contributed by atoms with Crippen LogP contribution in [0.5, 0.6) is 0 Å². The summed E-state index contributed by atoms with van der Waals surface area (Å²) in [5.41, 5.74) is 1.35. The van der Waals surface area contributed by atoms with Crippen LogP contribution in [0.3, 0.4) is 0 Å². The van der Waals surface area contributed by atoms with Gasteiger partial charge in [-0.2, -0.15) is 0 Å². The maximum Gasteiger partial charge on any atom is 0.112 e. The van der Waals surface area contributed by atoms with Gasteiger partial charge in [-0.3, -0.25) is 4.90 Å². The quantitative estimate of drug-likeness (QED) is 0.840. The van der Waals surface area contributed by atoms with Gasteiger partial charge in [0.05, 0.1) is 0 Å². The summed E-state index contributed by atoms with van der Waals surface area (Å²) >= 11 is 1.94. The lowest BCUT2D eigenvalue weighted by atomic mass is 10.0. The molecule has 1 unspecified atom stereocenters. The van der Waals surface area contributed by atoms with Gasteiger partial charge in [-0.25, -0.2) is 4.98 Å². The van der Waals surface area contributed by atoms with E-state index in [1.54, 1.807) is 0 Å². The molecule has 118 valence electrons. The lowest BCUT2D eigenvalue weighted by Gasteiger charge is -2.34. The van der Waals surface area contributed by atoms with Crippen molar-refractivity contribution >= 4 is 11.3 Å². The van der Waals surface area contributed by atoms with E-state index in [4.69, 9.17) is 4.98 Å². The Morgan fingerprint density at radius 3 is 2.82 bits per heavy atom. The Bertz CT molecular complexity index is 653. The number of aromatic nitrogens is 2. The predicted octanol–water partition coefficient (Wildman–Crippen LogP) is 4.28. The van der Waals surface area contributed by atoms with Crippen LogP contribution in [0, 0.1) is 13.8 Å². The van der Waals surface area contributed by atoms with Crippen LogP contribution in [0.25, 0.3) is 0 Å². The molecule has 2 aromatic rings. The average molecular weight is 315 g/mol. The number of likely N-dealkylation sites (tertiary alicyclic amines) is 1. The van der Waals surface area contributed by atoms with E-state index in [1.165, 1.54) is 60.0 Å². The van der Waals surface area contributed by atoms with Gasteiger partial charge in [0.15, 0.2) is 0 Å². The van der Waals surface area contributed by atoms with Gasteiger partial charge in [0.1, 0.15) is 5.82 Å². The zero-order valence-electron chi connectivity index (χ0n) is 13.6. The van der Waals surface area contributed by atoms with Crippen LogP contribution in [0.1, 0.15) is 58.9 Å². The number of hydrogen-bond acceptors (Lipinski definition) is 3. The molecule has 1 saturated carbocycles. The van der Waals surface area contributed by atoms with E-state index >= 15 is 0 Å². The highest BCUT2D eigenvalue weighted by molar-refractivity contribution is 7.11. The summed E-state index contributed by atoms with van der Waals surface area (Å²) in [6.45, 7) is 7.94. The zero-order valence-corrected chi connectivity index (χ0v) is 14.4. The Morgan fingerprint density at radius 1 is 1.23 bits per heavy atom.